The summed E-state index contributed by atoms with van der Waals surface area (Å²) in [5.41, 5.74) is 0. The van der Waals surface area contributed by atoms with Gasteiger partial charge in [-0.05, 0) is 31.4 Å². The SMILES string of the molecule is OCCCCCCOc1ccccc1. The van der Waals surface area contributed by atoms with Gasteiger partial charge in [-0.2, -0.15) is 0 Å². The van der Waals surface area contributed by atoms with Crippen LogP contribution in [0.3, 0.4) is 0 Å². The summed E-state index contributed by atoms with van der Waals surface area (Å²) in [6, 6.07) is 9.86. The molecule has 14 heavy (non-hydrogen) atoms. The van der Waals surface area contributed by atoms with E-state index in [2.05, 4.69) is 0 Å². The smallest absolute Gasteiger partial charge is 0.119 e. The summed E-state index contributed by atoms with van der Waals surface area (Å²) in [5, 5.41) is 8.57. The summed E-state index contributed by atoms with van der Waals surface area (Å²) in [4.78, 5) is 0. The maximum Gasteiger partial charge on any atom is 0.119 e. The summed E-state index contributed by atoms with van der Waals surface area (Å²) in [7, 11) is 0. The molecule has 0 radical (unpaired) electrons. The van der Waals surface area contributed by atoms with Crippen molar-refractivity contribution in [3.05, 3.63) is 30.3 Å². The molecular weight excluding hydrogens is 176 g/mol. The summed E-state index contributed by atoms with van der Waals surface area (Å²) in [6.07, 6.45) is 4.20. The predicted molar refractivity (Wildman–Crippen MR) is 57.5 cm³/mol. The molecule has 0 spiro atoms. The van der Waals surface area contributed by atoms with Crippen molar-refractivity contribution >= 4 is 0 Å². The van der Waals surface area contributed by atoms with Crippen LogP contribution < -0.4 is 4.74 Å². The molecule has 78 valence electrons. The van der Waals surface area contributed by atoms with Crippen molar-refractivity contribution < 1.29 is 9.84 Å². The minimum Gasteiger partial charge on any atom is -0.494 e. The van der Waals surface area contributed by atoms with E-state index >= 15 is 0 Å². The lowest BCUT2D eigenvalue weighted by Crippen LogP contribution is -1.97. The summed E-state index contributed by atoms with van der Waals surface area (Å²) in [6.45, 7) is 1.08. The second-order valence-corrected chi connectivity index (χ2v) is 3.30. The number of rotatable bonds is 7. The van der Waals surface area contributed by atoms with Gasteiger partial charge in [0.05, 0.1) is 6.61 Å². The molecule has 0 fully saturated rings. The predicted octanol–water partition coefficient (Wildman–Crippen LogP) is 2.62. The van der Waals surface area contributed by atoms with E-state index in [4.69, 9.17) is 9.84 Å². The highest BCUT2D eigenvalue weighted by Gasteiger charge is 1.92. The van der Waals surface area contributed by atoms with Crippen LogP contribution in [0.15, 0.2) is 30.3 Å². The van der Waals surface area contributed by atoms with Gasteiger partial charge in [-0.15, -0.1) is 0 Å². The van der Waals surface area contributed by atoms with Crippen LogP contribution in [0, 0.1) is 0 Å². The van der Waals surface area contributed by atoms with Crippen LogP contribution in [0.1, 0.15) is 25.7 Å². The Bertz CT molecular complexity index is 221. The van der Waals surface area contributed by atoms with E-state index in [9.17, 15) is 0 Å². The van der Waals surface area contributed by atoms with Crippen LogP contribution in [0.2, 0.25) is 0 Å². The van der Waals surface area contributed by atoms with Crippen LogP contribution >= 0.6 is 0 Å². The lowest BCUT2D eigenvalue weighted by Gasteiger charge is -2.04. The fourth-order valence-corrected chi connectivity index (χ4v) is 1.27. The van der Waals surface area contributed by atoms with Crippen LogP contribution in [0.25, 0.3) is 0 Å². The molecule has 0 unspecified atom stereocenters. The lowest BCUT2D eigenvalue weighted by molar-refractivity contribution is 0.273. The van der Waals surface area contributed by atoms with E-state index in [1.807, 2.05) is 30.3 Å². The number of hydrogen-bond donors (Lipinski definition) is 1. The molecule has 0 saturated carbocycles. The Morgan fingerprint density at radius 3 is 2.36 bits per heavy atom. The van der Waals surface area contributed by atoms with Gasteiger partial charge in [-0.3, -0.25) is 0 Å². The zero-order valence-corrected chi connectivity index (χ0v) is 8.48. The van der Waals surface area contributed by atoms with Crippen LogP contribution in [0.5, 0.6) is 5.75 Å². The fourth-order valence-electron chi connectivity index (χ4n) is 1.27. The van der Waals surface area contributed by atoms with Gasteiger partial charge in [-0.1, -0.05) is 24.6 Å². The third-order valence-electron chi connectivity index (χ3n) is 2.06. The molecule has 0 aromatic heterocycles. The Kier molecular flexibility index (Phi) is 5.84. The lowest BCUT2D eigenvalue weighted by atomic mass is 10.2. The molecule has 1 aromatic carbocycles. The van der Waals surface area contributed by atoms with Gasteiger partial charge < -0.3 is 9.84 Å². The van der Waals surface area contributed by atoms with Crippen LogP contribution in [0.4, 0.5) is 0 Å². The summed E-state index contributed by atoms with van der Waals surface area (Å²) in [5.74, 6) is 0.939. The minimum atomic E-state index is 0.305. The molecule has 0 atom stereocenters. The Morgan fingerprint density at radius 2 is 1.64 bits per heavy atom. The standard InChI is InChI=1S/C12H18O2/c13-10-6-1-2-7-11-14-12-8-4-3-5-9-12/h3-5,8-9,13H,1-2,6-7,10-11H2. The zero-order valence-electron chi connectivity index (χ0n) is 8.48. The Morgan fingerprint density at radius 1 is 0.929 bits per heavy atom. The van der Waals surface area contributed by atoms with Crippen molar-refractivity contribution in [1.29, 1.82) is 0 Å². The van der Waals surface area contributed by atoms with Crippen molar-refractivity contribution in [3.63, 3.8) is 0 Å². The van der Waals surface area contributed by atoms with E-state index in [1.54, 1.807) is 0 Å². The molecule has 0 saturated heterocycles. The number of unbranched alkanes of at least 4 members (excludes halogenated alkanes) is 3. The Balaban J connectivity index is 1.99. The van der Waals surface area contributed by atoms with E-state index in [0.717, 1.165) is 38.0 Å². The molecule has 0 bridgehead atoms. The second-order valence-electron chi connectivity index (χ2n) is 3.30. The van der Waals surface area contributed by atoms with Crippen LogP contribution in [-0.4, -0.2) is 18.3 Å². The molecule has 1 N–H and O–H groups in total. The normalized spacial score (nSPS) is 10.1. The first-order valence-electron chi connectivity index (χ1n) is 5.22. The topological polar surface area (TPSA) is 29.5 Å². The molecule has 0 aliphatic rings. The first-order chi connectivity index (χ1) is 6.93. The van der Waals surface area contributed by atoms with Gasteiger partial charge in [0, 0.05) is 6.61 Å². The minimum absolute atomic E-state index is 0.305. The highest BCUT2D eigenvalue weighted by Crippen LogP contribution is 2.09. The maximum absolute atomic E-state index is 8.57. The average Bonchev–Trinajstić information content (AvgIpc) is 2.25. The number of aliphatic hydroxyl groups excluding tert-OH is 1. The molecule has 0 heterocycles. The largest absolute Gasteiger partial charge is 0.494 e. The fraction of sp³-hybridized carbons (Fsp3) is 0.500. The highest BCUT2D eigenvalue weighted by atomic mass is 16.5. The van der Waals surface area contributed by atoms with Crippen molar-refractivity contribution in [2.45, 2.75) is 25.7 Å². The highest BCUT2D eigenvalue weighted by molar-refractivity contribution is 5.20. The molecule has 0 aliphatic heterocycles. The quantitative estimate of drug-likeness (QED) is 0.676. The van der Waals surface area contributed by atoms with Crippen molar-refractivity contribution in [2.75, 3.05) is 13.2 Å². The van der Waals surface area contributed by atoms with Gasteiger partial charge in [0.15, 0.2) is 0 Å². The van der Waals surface area contributed by atoms with Gasteiger partial charge in [0.25, 0.3) is 0 Å². The maximum atomic E-state index is 8.57. The number of benzene rings is 1. The van der Waals surface area contributed by atoms with E-state index in [1.165, 1.54) is 0 Å². The molecule has 0 aliphatic carbocycles. The van der Waals surface area contributed by atoms with E-state index in [-0.39, 0.29) is 0 Å². The summed E-state index contributed by atoms with van der Waals surface area (Å²) >= 11 is 0. The molecule has 1 aromatic rings. The monoisotopic (exact) mass is 194 g/mol. The Labute approximate surface area is 85.5 Å². The number of para-hydroxylation sites is 1. The molecule has 1 rings (SSSR count). The first kappa shape index (κ1) is 11.1. The van der Waals surface area contributed by atoms with Gasteiger partial charge in [0.2, 0.25) is 0 Å². The third-order valence-corrected chi connectivity index (χ3v) is 2.06. The van der Waals surface area contributed by atoms with Crippen molar-refractivity contribution in [2.24, 2.45) is 0 Å². The summed E-state index contributed by atoms with van der Waals surface area (Å²) < 4.78 is 5.52. The Hall–Kier alpha value is -1.02. The van der Waals surface area contributed by atoms with E-state index < -0.39 is 0 Å². The van der Waals surface area contributed by atoms with Gasteiger partial charge >= 0.3 is 0 Å². The van der Waals surface area contributed by atoms with Gasteiger partial charge in [0.1, 0.15) is 5.75 Å². The first-order valence-corrected chi connectivity index (χ1v) is 5.22. The van der Waals surface area contributed by atoms with E-state index in [0.29, 0.717) is 6.61 Å². The molecule has 0 amide bonds. The number of aliphatic hydroxyl groups is 1. The van der Waals surface area contributed by atoms with Crippen molar-refractivity contribution in [1.82, 2.24) is 0 Å². The number of ether oxygens (including phenoxy) is 1. The molecular formula is C12H18O2. The number of hydrogen-bond acceptors (Lipinski definition) is 2. The van der Waals surface area contributed by atoms with Gasteiger partial charge in [-0.25, -0.2) is 0 Å². The molecule has 2 heteroatoms. The zero-order chi connectivity index (χ0) is 10.1. The third kappa shape index (κ3) is 4.87. The average molecular weight is 194 g/mol. The van der Waals surface area contributed by atoms with Crippen LogP contribution in [-0.2, 0) is 0 Å². The van der Waals surface area contributed by atoms with Crippen molar-refractivity contribution in [3.8, 4) is 5.75 Å². The second kappa shape index (κ2) is 7.39. The molecule has 2 nitrogen and oxygen atoms in total.